The molecular weight excluding hydrogens is 246 g/mol. The first kappa shape index (κ1) is 14.0. The van der Waals surface area contributed by atoms with Crippen LogP contribution in [0.1, 0.15) is 31.0 Å². The number of methoxy groups -OCH3 is 1. The average molecular weight is 267 g/mol. The Balaban J connectivity index is 1.67. The van der Waals surface area contributed by atoms with Gasteiger partial charge in [0, 0.05) is 32.3 Å². The molecule has 0 amide bonds. The van der Waals surface area contributed by atoms with Crippen LogP contribution in [0, 0.1) is 0 Å². The van der Waals surface area contributed by atoms with Gasteiger partial charge in [-0.2, -0.15) is 4.98 Å². The summed E-state index contributed by atoms with van der Waals surface area (Å²) in [5.74, 6) is 2.27. The molecule has 6 heteroatoms. The number of anilines is 1. The van der Waals surface area contributed by atoms with E-state index in [1.807, 2.05) is 0 Å². The summed E-state index contributed by atoms with van der Waals surface area (Å²) in [5, 5.41) is 0. The van der Waals surface area contributed by atoms with Gasteiger partial charge in [-0.05, 0) is 19.3 Å². The summed E-state index contributed by atoms with van der Waals surface area (Å²) in [6.07, 6.45) is 3.18. The molecule has 0 aliphatic heterocycles. The number of nitrogens with two attached hydrogens (primary N) is 1. The zero-order chi connectivity index (χ0) is 13.5. The van der Waals surface area contributed by atoms with E-state index in [9.17, 15) is 0 Å². The van der Waals surface area contributed by atoms with Crippen molar-refractivity contribution in [2.75, 3.05) is 39.3 Å². The van der Waals surface area contributed by atoms with Crippen LogP contribution in [-0.4, -0.2) is 43.5 Å². The van der Waals surface area contributed by atoms with Crippen LogP contribution in [0.4, 0.5) is 5.82 Å². The molecule has 2 rings (SSSR count). The van der Waals surface area contributed by atoms with Crippen LogP contribution in [0.3, 0.4) is 0 Å². The Bertz CT molecular complexity index is 397. The predicted octanol–water partition coefficient (Wildman–Crippen LogP) is 1.37. The number of rotatable bonds is 9. The molecule has 0 aromatic carbocycles. The number of nitrogens with zero attached hydrogens (tertiary/aromatic N) is 2. The van der Waals surface area contributed by atoms with Gasteiger partial charge in [0.15, 0.2) is 0 Å². The Hall–Kier alpha value is -1.40. The molecule has 0 spiro atoms. The highest BCUT2D eigenvalue weighted by molar-refractivity contribution is 5.34. The van der Waals surface area contributed by atoms with Crippen molar-refractivity contribution in [2.24, 2.45) is 0 Å². The smallest absolute Gasteiger partial charge is 0.218 e. The van der Waals surface area contributed by atoms with Gasteiger partial charge in [-0.1, -0.05) is 0 Å². The van der Waals surface area contributed by atoms with Gasteiger partial charge < -0.3 is 19.9 Å². The summed E-state index contributed by atoms with van der Waals surface area (Å²) in [7, 11) is 1.68. The van der Waals surface area contributed by atoms with E-state index < -0.39 is 0 Å². The van der Waals surface area contributed by atoms with Crippen molar-refractivity contribution in [1.82, 2.24) is 9.97 Å². The quantitative estimate of drug-likeness (QED) is 0.681. The molecule has 1 heterocycles. The molecule has 0 saturated heterocycles. The van der Waals surface area contributed by atoms with Crippen LogP contribution in [0.25, 0.3) is 0 Å². The third-order valence-electron chi connectivity index (χ3n) is 2.80. The number of aromatic nitrogens is 2. The molecule has 1 aliphatic carbocycles. The molecule has 106 valence electrons. The van der Waals surface area contributed by atoms with E-state index in [1.54, 1.807) is 13.2 Å². The van der Waals surface area contributed by atoms with Crippen molar-refractivity contribution in [1.29, 1.82) is 0 Å². The second kappa shape index (κ2) is 7.25. The number of hydrogen-bond acceptors (Lipinski definition) is 6. The minimum atomic E-state index is 0.466. The van der Waals surface area contributed by atoms with E-state index in [0.29, 0.717) is 44.0 Å². The predicted molar refractivity (Wildman–Crippen MR) is 71.2 cm³/mol. The van der Waals surface area contributed by atoms with Crippen molar-refractivity contribution < 1.29 is 14.2 Å². The molecule has 1 aromatic rings. The number of ether oxygens (including phenoxy) is 3. The van der Waals surface area contributed by atoms with Crippen LogP contribution >= 0.6 is 0 Å². The normalized spacial score (nSPS) is 14.6. The Morgan fingerprint density at radius 3 is 2.79 bits per heavy atom. The minimum Gasteiger partial charge on any atom is -0.475 e. The van der Waals surface area contributed by atoms with E-state index in [0.717, 1.165) is 25.1 Å². The molecule has 1 fully saturated rings. The topological polar surface area (TPSA) is 79.5 Å². The lowest BCUT2D eigenvalue weighted by molar-refractivity contribution is 0.0795. The molecule has 19 heavy (non-hydrogen) atoms. The first-order valence-electron chi connectivity index (χ1n) is 6.63. The molecule has 0 unspecified atom stereocenters. The first-order chi connectivity index (χ1) is 9.29. The van der Waals surface area contributed by atoms with E-state index in [2.05, 4.69) is 9.97 Å². The summed E-state index contributed by atoms with van der Waals surface area (Å²) in [6.45, 7) is 2.39. The Kier molecular flexibility index (Phi) is 5.35. The molecule has 0 bridgehead atoms. The van der Waals surface area contributed by atoms with Gasteiger partial charge in [0.1, 0.15) is 18.2 Å². The molecule has 1 saturated carbocycles. The molecule has 0 atom stereocenters. The van der Waals surface area contributed by atoms with Crippen LogP contribution < -0.4 is 10.5 Å². The maximum absolute atomic E-state index is 5.73. The highest BCUT2D eigenvalue weighted by atomic mass is 16.5. The largest absolute Gasteiger partial charge is 0.475 e. The third-order valence-corrected chi connectivity index (χ3v) is 2.80. The monoisotopic (exact) mass is 267 g/mol. The molecular formula is C13H21N3O3. The highest BCUT2D eigenvalue weighted by Crippen LogP contribution is 2.38. The fourth-order valence-electron chi connectivity index (χ4n) is 1.67. The van der Waals surface area contributed by atoms with E-state index >= 15 is 0 Å². The van der Waals surface area contributed by atoms with Gasteiger partial charge in [-0.25, -0.2) is 4.98 Å². The zero-order valence-electron chi connectivity index (χ0n) is 11.3. The lowest BCUT2D eigenvalue weighted by atomic mass is 10.4. The SMILES string of the molecule is COCCCOCCOc1cc(N)nc(C2CC2)n1. The maximum atomic E-state index is 5.73. The zero-order valence-corrected chi connectivity index (χ0v) is 11.3. The first-order valence-corrected chi connectivity index (χ1v) is 6.63. The van der Waals surface area contributed by atoms with Gasteiger partial charge in [0.05, 0.1) is 6.61 Å². The molecule has 0 radical (unpaired) electrons. The van der Waals surface area contributed by atoms with Gasteiger partial charge in [0.25, 0.3) is 0 Å². The summed E-state index contributed by atoms with van der Waals surface area (Å²) in [6, 6.07) is 1.65. The Morgan fingerprint density at radius 1 is 1.21 bits per heavy atom. The van der Waals surface area contributed by atoms with E-state index in [1.165, 1.54) is 0 Å². The second-order valence-electron chi connectivity index (χ2n) is 4.57. The number of nitrogen functional groups attached to an aromatic ring is 1. The van der Waals surface area contributed by atoms with Crippen molar-refractivity contribution >= 4 is 5.82 Å². The average Bonchev–Trinajstić information content (AvgIpc) is 3.21. The van der Waals surface area contributed by atoms with Crippen molar-refractivity contribution in [3.05, 3.63) is 11.9 Å². The highest BCUT2D eigenvalue weighted by Gasteiger charge is 2.27. The van der Waals surface area contributed by atoms with Crippen molar-refractivity contribution in [3.8, 4) is 5.88 Å². The number of hydrogen-bond donors (Lipinski definition) is 1. The van der Waals surface area contributed by atoms with Gasteiger partial charge in [0.2, 0.25) is 5.88 Å². The van der Waals surface area contributed by atoms with Gasteiger partial charge >= 0.3 is 0 Å². The molecule has 1 aliphatic rings. The Labute approximate surface area is 113 Å². The summed E-state index contributed by atoms with van der Waals surface area (Å²) in [4.78, 5) is 8.57. The summed E-state index contributed by atoms with van der Waals surface area (Å²) < 4.78 is 15.9. The molecule has 2 N–H and O–H groups in total. The van der Waals surface area contributed by atoms with E-state index in [4.69, 9.17) is 19.9 Å². The van der Waals surface area contributed by atoms with Gasteiger partial charge in [-0.3, -0.25) is 0 Å². The van der Waals surface area contributed by atoms with Crippen molar-refractivity contribution in [3.63, 3.8) is 0 Å². The fourth-order valence-corrected chi connectivity index (χ4v) is 1.67. The minimum absolute atomic E-state index is 0.466. The summed E-state index contributed by atoms with van der Waals surface area (Å²) >= 11 is 0. The standard InChI is InChI=1S/C13H21N3O3/c1-17-5-2-6-18-7-8-19-12-9-11(14)15-13(16-12)10-3-4-10/h9-10H,2-8H2,1H3,(H2,14,15,16). The summed E-state index contributed by atoms with van der Waals surface area (Å²) in [5.41, 5.74) is 5.73. The van der Waals surface area contributed by atoms with Crippen LogP contribution in [0.2, 0.25) is 0 Å². The van der Waals surface area contributed by atoms with Crippen LogP contribution in [-0.2, 0) is 9.47 Å². The molecule has 6 nitrogen and oxygen atoms in total. The second-order valence-corrected chi connectivity index (χ2v) is 4.57. The van der Waals surface area contributed by atoms with Gasteiger partial charge in [-0.15, -0.1) is 0 Å². The lowest BCUT2D eigenvalue weighted by Crippen LogP contribution is -2.10. The van der Waals surface area contributed by atoms with E-state index in [-0.39, 0.29) is 0 Å². The lowest BCUT2D eigenvalue weighted by Gasteiger charge is -2.08. The van der Waals surface area contributed by atoms with Crippen LogP contribution in [0.15, 0.2) is 6.07 Å². The maximum Gasteiger partial charge on any atom is 0.218 e. The molecule has 1 aromatic heterocycles. The Morgan fingerprint density at radius 2 is 2.05 bits per heavy atom. The van der Waals surface area contributed by atoms with Crippen LogP contribution in [0.5, 0.6) is 5.88 Å². The third kappa shape index (κ3) is 5.00. The van der Waals surface area contributed by atoms with Crippen molar-refractivity contribution in [2.45, 2.75) is 25.2 Å². The fraction of sp³-hybridized carbons (Fsp3) is 0.692.